The summed E-state index contributed by atoms with van der Waals surface area (Å²) in [5, 5.41) is 22.7. The maximum absolute atomic E-state index is 5.95. The zero-order chi connectivity index (χ0) is 61.0. The van der Waals surface area contributed by atoms with Crippen molar-refractivity contribution in [3.8, 4) is 28.5 Å². The van der Waals surface area contributed by atoms with Gasteiger partial charge in [0.2, 0.25) is 11.2 Å². The Kier molecular flexibility index (Phi) is 11.0. The van der Waals surface area contributed by atoms with Crippen molar-refractivity contribution in [3.05, 3.63) is 296 Å². The summed E-state index contributed by atoms with van der Waals surface area (Å²) in [6, 6.07) is 103. The highest BCUT2D eigenvalue weighted by molar-refractivity contribution is 6.37. The number of hydrogen-bond acceptors (Lipinski definition) is 4. The summed E-state index contributed by atoms with van der Waals surface area (Å²) in [5.41, 5.74) is 18.0. The van der Waals surface area contributed by atoms with E-state index in [0.717, 1.165) is 55.4 Å². The molecule has 0 radical (unpaired) electrons. The first kappa shape index (κ1) is 51.6. The smallest absolute Gasteiger partial charge is 0.235 e. The Labute approximate surface area is 534 Å². The lowest BCUT2D eigenvalue weighted by molar-refractivity contribution is 1.02. The highest BCUT2D eigenvalue weighted by atomic mass is 35.5. The van der Waals surface area contributed by atoms with E-state index < -0.39 is 0 Å². The Hall–Kier alpha value is -12.2. The molecule has 9 heteroatoms. The van der Waals surface area contributed by atoms with Crippen LogP contribution in [0.5, 0.6) is 0 Å². The van der Waals surface area contributed by atoms with Crippen LogP contribution in [0.4, 0.5) is 0 Å². The minimum atomic E-state index is 0.280. The predicted molar refractivity (Wildman–Crippen MR) is 389 cm³/mol. The van der Waals surface area contributed by atoms with Crippen molar-refractivity contribution < 1.29 is 0 Å². The molecule has 14 aromatic carbocycles. The highest BCUT2D eigenvalue weighted by Crippen LogP contribution is 2.49. The highest BCUT2D eigenvalue weighted by Gasteiger charge is 2.27. The van der Waals surface area contributed by atoms with Gasteiger partial charge in [-0.05, 0) is 70.9 Å². The number of nitrogens with one attached hydrogen (secondary N) is 1. The van der Waals surface area contributed by atoms with Gasteiger partial charge >= 0.3 is 0 Å². The van der Waals surface area contributed by atoms with Crippen LogP contribution in [0.3, 0.4) is 0 Å². The molecule has 0 aliphatic heterocycles. The second-order valence-corrected chi connectivity index (χ2v) is 24.5. The number of benzene rings is 14. The monoisotopic (exact) mass is 1200 g/mol. The van der Waals surface area contributed by atoms with Crippen LogP contribution in [0.2, 0.25) is 5.28 Å². The molecule has 8 heterocycles. The molecule has 8 aromatic heterocycles. The predicted octanol–water partition coefficient (Wildman–Crippen LogP) is 22.3. The van der Waals surface area contributed by atoms with Gasteiger partial charge in [-0.3, -0.25) is 4.57 Å². The quantitative estimate of drug-likeness (QED) is 0.179. The first-order chi connectivity index (χ1) is 46.1. The number of aromatic amines is 1. The van der Waals surface area contributed by atoms with E-state index in [4.69, 9.17) is 21.6 Å². The van der Waals surface area contributed by atoms with E-state index in [9.17, 15) is 0 Å². The molecule has 0 spiro atoms. The molecule has 0 saturated heterocycles. The Balaban J connectivity index is 0.000000108. The van der Waals surface area contributed by atoms with Crippen LogP contribution in [0.15, 0.2) is 291 Å². The lowest BCUT2D eigenvalue weighted by Crippen LogP contribution is -2.03. The molecule has 0 aliphatic rings. The molecule has 8 nitrogen and oxygen atoms in total. The van der Waals surface area contributed by atoms with Crippen LogP contribution in [-0.4, -0.2) is 38.3 Å². The molecule has 93 heavy (non-hydrogen) atoms. The summed E-state index contributed by atoms with van der Waals surface area (Å²) in [4.78, 5) is 22.9. The van der Waals surface area contributed by atoms with Crippen LogP contribution >= 0.6 is 11.6 Å². The molecule has 0 saturated carbocycles. The van der Waals surface area contributed by atoms with Crippen molar-refractivity contribution in [1.82, 2.24) is 38.3 Å². The number of H-pyrrole nitrogens is 1. The van der Waals surface area contributed by atoms with Gasteiger partial charge < -0.3 is 13.8 Å². The van der Waals surface area contributed by atoms with Gasteiger partial charge in [0.1, 0.15) is 0 Å². The lowest BCUT2D eigenvalue weighted by Gasteiger charge is -2.12. The van der Waals surface area contributed by atoms with Gasteiger partial charge in [-0.1, -0.05) is 243 Å². The summed E-state index contributed by atoms with van der Waals surface area (Å²) in [6.07, 6.45) is 0. The van der Waals surface area contributed by atoms with Crippen LogP contribution in [0.1, 0.15) is 0 Å². The molecule has 0 unspecified atom stereocenters. The molecule has 0 aliphatic carbocycles. The summed E-state index contributed by atoms with van der Waals surface area (Å²) in [7, 11) is 0. The zero-order valence-corrected chi connectivity index (χ0v) is 50.5. The molecule has 22 aromatic rings. The van der Waals surface area contributed by atoms with E-state index in [0.29, 0.717) is 5.95 Å². The maximum Gasteiger partial charge on any atom is 0.235 e. The van der Waals surface area contributed by atoms with Gasteiger partial charge in [-0.25, -0.2) is 19.9 Å². The standard InChI is InChI=1S/C42H24N4.C28H16N2.C14H9ClN2/c1-2-13-26(14-3-1)38-30-17-6-9-19-34(30)43-42(44-38)46-35-20-10-7-16-28(35)32-24-33-29-23-22-25-12-4-5-15-27(25)39(29)45-36-21-11-8-18-31(36)37(40(33)45)41(32)46;1-2-8-17-16(7-1)13-14-19-22-15-21-18-9-3-5-11-23(18)29-26(21)25-20-10-4-6-12-24(20)30(27(17)19)28(22)25;15-14-16-12-9-5-4-8-11(12)13(17-14)10-6-2-1-3-7-10/h1-24H;1-15,29H;1-9H. The average molecular weight is 1210 g/mol. The largest absolute Gasteiger partial charge is 0.354 e. The van der Waals surface area contributed by atoms with E-state index in [1.54, 1.807) is 0 Å². The molecule has 0 fully saturated rings. The topological polar surface area (TPSA) is 81.1 Å². The lowest BCUT2D eigenvalue weighted by atomic mass is 10.0. The number of halogens is 1. The normalized spacial score (nSPS) is 12.1. The van der Waals surface area contributed by atoms with Crippen molar-refractivity contribution in [3.63, 3.8) is 0 Å². The van der Waals surface area contributed by atoms with Crippen molar-refractivity contribution in [2.75, 3.05) is 0 Å². The fourth-order valence-corrected chi connectivity index (χ4v) is 15.6. The first-order valence-corrected chi connectivity index (χ1v) is 31.8. The molecular weight excluding hydrogens is 1160 g/mol. The summed E-state index contributed by atoms with van der Waals surface area (Å²) < 4.78 is 7.29. The van der Waals surface area contributed by atoms with Crippen LogP contribution in [-0.2, 0) is 0 Å². The Morgan fingerprint density at radius 3 is 1.33 bits per heavy atom. The van der Waals surface area contributed by atoms with Gasteiger partial charge in [0, 0.05) is 103 Å². The fourth-order valence-electron chi connectivity index (χ4n) is 15.4. The number of para-hydroxylation sites is 6. The second-order valence-electron chi connectivity index (χ2n) is 24.2. The van der Waals surface area contributed by atoms with Crippen LogP contribution < -0.4 is 0 Å². The van der Waals surface area contributed by atoms with Crippen LogP contribution in [0, 0.1) is 0 Å². The number of rotatable bonds is 3. The minimum Gasteiger partial charge on any atom is -0.354 e. The van der Waals surface area contributed by atoms with E-state index >= 15 is 0 Å². The van der Waals surface area contributed by atoms with Gasteiger partial charge in [0.05, 0.1) is 72.1 Å². The third kappa shape index (κ3) is 7.49. The second kappa shape index (κ2) is 19.9. The maximum atomic E-state index is 5.95. The van der Waals surface area contributed by atoms with Crippen LogP contribution in [0.25, 0.3) is 192 Å². The number of aromatic nitrogens is 8. The van der Waals surface area contributed by atoms with Crippen molar-refractivity contribution >= 4 is 175 Å². The van der Waals surface area contributed by atoms with E-state index in [2.05, 4.69) is 259 Å². The first-order valence-electron chi connectivity index (χ1n) is 31.4. The zero-order valence-electron chi connectivity index (χ0n) is 49.7. The summed E-state index contributed by atoms with van der Waals surface area (Å²) >= 11 is 5.95. The minimum absolute atomic E-state index is 0.280. The van der Waals surface area contributed by atoms with E-state index in [-0.39, 0.29) is 5.28 Å². The summed E-state index contributed by atoms with van der Waals surface area (Å²) in [5.74, 6) is 0.678. The molecule has 22 rings (SSSR count). The molecule has 1 N–H and O–H groups in total. The van der Waals surface area contributed by atoms with Gasteiger partial charge in [0.15, 0.2) is 0 Å². The molecule has 0 atom stereocenters. The Morgan fingerprint density at radius 2 is 0.720 bits per heavy atom. The van der Waals surface area contributed by atoms with Crippen molar-refractivity contribution in [2.24, 2.45) is 0 Å². The molecule has 0 bridgehead atoms. The average Bonchev–Trinajstić information content (AvgIpc) is 1.52. The third-order valence-electron chi connectivity index (χ3n) is 19.3. The van der Waals surface area contributed by atoms with E-state index in [1.165, 1.54) is 130 Å². The SMILES string of the molecule is Clc1nc(-c2ccccc2)c2ccccc2n1.c1ccc(-c2nc(-n3c4ccccc4c4cc5c6ccc7ccccc7c6n6c7ccccc7c(c43)c56)nc3ccccc23)cc1.c1ccc2c(c1)ccc1c3cc4c5ccccc5[nH]c4c4c5ccccc5n(c21)c34. The summed E-state index contributed by atoms with van der Waals surface area (Å²) in [6.45, 7) is 0. The van der Waals surface area contributed by atoms with Crippen molar-refractivity contribution in [2.45, 2.75) is 0 Å². The van der Waals surface area contributed by atoms with Crippen molar-refractivity contribution in [1.29, 1.82) is 0 Å². The van der Waals surface area contributed by atoms with Gasteiger partial charge in [0.25, 0.3) is 0 Å². The molecule has 0 amide bonds. The Morgan fingerprint density at radius 1 is 0.280 bits per heavy atom. The van der Waals surface area contributed by atoms with Gasteiger partial charge in [-0.2, -0.15) is 0 Å². The van der Waals surface area contributed by atoms with Gasteiger partial charge in [-0.15, -0.1) is 0 Å². The fraction of sp³-hybridized carbons (Fsp3) is 0. The Bertz CT molecular complexity index is 6810. The number of fused-ring (bicyclic) bond motifs is 26. The molecular formula is C84H49ClN8. The number of nitrogens with zero attached hydrogens (tertiary/aromatic N) is 7. The molecule has 432 valence electrons. The number of hydrogen-bond donors (Lipinski definition) is 1. The van der Waals surface area contributed by atoms with E-state index in [1.807, 2.05) is 60.7 Å². The third-order valence-corrected chi connectivity index (χ3v) is 19.4.